The first-order valence-electron chi connectivity index (χ1n) is 10.4. The average Bonchev–Trinajstić information content (AvgIpc) is 3.36. The molecule has 31 heavy (non-hydrogen) atoms. The number of hydrogen-bond acceptors (Lipinski definition) is 6. The number of hydrogen-bond donors (Lipinski definition) is 1. The van der Waals surface area contributed by atoms with Gasteiger partial charge in [-0.15, -0.1) is 21.5 Å². The lowest BCUT2D eigenvalue weighted by atomic mass is 10.2. The molecule has 2 heterocycles. The molecule has 0 aliphatic carbocycles. The monoisotopic (exact) mass is 451 g/mol. The third kappa shape index (κ3) is 4.97. The molecule has 2 aromatic heterocycles. The lowest BCUT2D eigenvalue weighted by Crippen LogP contribution is -2.14. The average molecular weight is 452 g/mol. The highest BCUT2D eigenvalue weighted by atomic mass is 32.2. The van der Waals surface area contributed by atoms with Crippen LogP contribution >= 0.6 is 23.1 Å². The molecule has 0 spiro atoms. The van der Waals surface area contributed by atoms with Crippen LogP contribution in [0.15, 0.2) is 47.6 Å². The minimum Gasteiger partial charge on any atom is -0.325 e. The molecule has 1 N–H and O–H groups in total. The summed E-state index contributed by atoms with van der Waals surface area (Å²) in [5.74, 6) is 1.20. The Morgan fingerprint density at radius 1 is 1.13 bits per heavy atom. The summed E-state index contributed by atoms with van der Waals surface area (Å²) < 4.78 is 3.29. The fraction of sp³-hybridized carbons (Fsp3) is 0.304. The molecule has 6 nitrogen and oxygen atoms in total. The van der Waals surface area contributed by atoms with Gasteiger partial charge in [0.1, 0.15) is 10.8 Å². The first-order chi connectivity index (χ1) is 15.1. The number of thiazole rings is 1. The number of anilines is 1. The van der Waals surface area contributed by atoms with Crippen LogP contribution in [0.3, 0.4) is 0 Å². The quantitative estimate of drug-likeness (QED) is 0.355. The first kappa shape index (κ1) is 21.5. The second-order valence-electron chi connectivity index (χ2n) is 7.31. The lowest BCUT2D eigenvalue weighted by molar-refractivity contribution is -0.113. The minimum absolute atomic E-state index is 0.0580. The van der Waals surface area contributed by atoms with Gasteiger partial charge < -0.3 is 9.88 Å². The van der Waals surface area contributed by atoms with Gasteiger partial charge in [-0.25, -0.2) is 4.98 Å². The molecule has 4 rings (SSSR count). The number of benzene rings is 2. The maximum atomic E-state index is 12.4. The van der Waals surface area contributed by atoms with Crippen LogP contribution in [0.4, 0.5) is 5.69 Å². The number of nitrogens with one attached hydrogen (secondary N) is 1. The Balaban J connectivity index is 1.38. The Hall–Kier alpha value is -2.71. The number of aromatic nitrogens is 4. The van der Waals surface area contributed by atoms with Gasteiger partial charge in [0.15, 0.2) is 5.16 Å². The highest BCUT2D eigenvalue weighted by Crippen LogP contribution is 2.31. The third-order valence-electron chi connectivity index (χ3n) is 4.85. The molecule has 8 heteroatoms. The van der Waals surface area contributed by atoms with E-state index in [0.717, 1.165) is 52.1 Å². The van der Waals surface area contributed by atoms with Gasteiger partial charge in [0.25, 0.3) is 0 Å². The zero-order valence-corrected chi connectivity index (χ0v) is 19.5. The number of amides is 1. The van der Waals surface area contributed by atoms with Crippen molar-refractivity contribution in [2.45, 2.75) is 45.3 Å². The number of carbonyl (C=O) groups excluding carboxylic acids is 1. The molecule has 0 unspecified atom stereocenters. The SMILES string of the molecule is CCCn1c(CC)nnc1SCC(=O)Nc1ccc(-c2nc3ccc(C)cc3s2)cc1. The number of fused-ring (bicyclic) bond motifs is 1. The summed E-state index contributed by atoms with van der Waals surface area (Å²) >= 11 is 3.11. The van der Waals surface area contributed by atoms with E-state index in [9.17, 15) is 4.79 Å². The molecule has 0 atom stereocenters. The van der Waals surface area contributed by atoms with Crippen LogP contribution in [-0.4, -0.2) is 31.4 Å². The van der Waals surface area contributed by atoms with E-state index in [4.69, 9.17) is 4.98 Å². The van der Waals surface area contributed by atoms with Crippen LogP contribution in [0.1, 0.15) is 31.7 Å². The van der Waals surface area contributed by atoms with Crippen LogP contribution in [0, 0.1) is 6.92 Å². The van der Waals surface area contributed by atoms with Crippen molar-refractivity contribution in [3.63, 3.8) is 0 Å². The predicted molar refractivity (Wildman–Crippen MR) is 129 cm³/mol. The zero-order chi connectivity index (χ0) is 21.8. The van der Waals surface area contributed by atoms with E-state index in [0.29, 0.717) is 5.75 Å². The van der Waals surface area contributed by atoms with E-state index in [-0.39, 0.29) is 5.91 Å². The first-order valence-corrected chi connectivity index (χ1v) is 12.2. The van der Waals surface area contributed by atoms with Gasteiger partial charge in [-0.3, -0.25) is 4.79 Å². The highest BCUT2D eigenvalue weighted by Gasteiger charge is 2.13. The van der Waals surface area contributed by atoms with E-state index in [1.54, 1.807) is 11.3 Å². The van der Waals surface area contributed by atoms with Gasteiger partial charge >= 0.3 is 0 Å². The zero-order valence-electron chi connectivity index (χ0n) is 17.9. The predicted octanol–water partition coefficient (Wildman–Crippen LogP) is 5.57. The summed E-state index contributed by atoms with van der Waals surface area (Å²) in [5.41, 5.74) is 4.07. The summed E-state index contributed by atoms with van der Waals surface area (Å²) in [7, 11) is 0. The molecule has 1 amide bonds. The fourth-order valence-corrected chi connectivity index (χ4v) is 5.17. The van der Waals surface area contributed by atoms with Gasteiger partial charge in [0.05, 0.1) is 16.0 Å². The van der Waals surface area contributed by atoms with Gasteiger partial charge in [0.2, 0.25) is 5.91 Å². The molecule has 4 aromatic rings. The number of thioether (sulfide) groups is 1. The summed E-state index contributed by atoms with van der Waals surface area (Å²) in [6.45, 7) is 7.15. The molecular formula is C23H25N5OS2. The van der Waals surface area contributed by atoms with E-state index < -0.39 is 0 Å². The normalized spacial score (nSPS) is 11.2. The maximum absolute atomic E-state index is 12.4. The molecule has 0 radical (unpaired) electrons. The smallest absolute Gasteiger partial charge is 0.234 e. The largest absolute Gasteiger partial charge is 0.325 e. The van der Waals surface area contributed by atoms with Crippen molar-refractivity contribution in [2.75, 3.05) is 11.1 Å². The number of rotatable bonds is 8. The molecule has 160 valence electrons. The van der Waals surface area contributed by atoms with E-state index in [1.807, 2.05) is 24.3 Å². The van der Waals surface area contributed by atoms with Crippen molar-refractivity contribution in [3.8, 4) is 10.6 Å². The molecule has 0 saturated heterocycles. The van der Waals surface area contributed by atoms with E-state index in [1.165, 1.54) is 22.0 Å². The Kier molecular flexibility index (Phi) is 6.67. The molecule has 0 aliphatic heterocycles. The standard InChI is InChI=1S/C23H25N5OS2/c1-4-12-28-20(5-2)26-27-23(28)30-14-21(29)24-17-9-7-16(8-10-17)22-25-18-11-6-15(3)13-19(18)31-22/h6-11,13H,4-5,12,14H2,1-3H3,(H,24,29). The van der Waals surface area contributed by atoms with E-state index in [2.05, 4.69) is 59.1 Å². The van der Waals surface area contributed by atoms with Crippen LogP contribution in [-0.2, 0) is 17.8 Å². The Morgan fingerprint density at radius 2 is 1.94 bits per heavy atom. The van der Waals surface area contributed by atoms with Crippen molar-refractivity contribution in [1.29, 1.82) is 0 Å². The van der Waals surface area contributed by atoms with Crippen LogP contribution in [0.5, 0.6) is 0 Å². The molecule has 0 fully saturated rings. The van der Waals surface area contributed by atoms with Crippen molar-refractivity contribution < 1.29 is 4.79 Å². The molecule has 0 saturated carbocycles. The van der Waals surface area contributed by atoms with Crippen LogP contribution in [0.2, 0.25) is 0 Å². The lowest BCUT2D eigenvalue weighted by Gasteiger charge is -2.08. The van der Waals surface area contributed by atoms with Crippen molar-refractivity contribution >= 4 is 44.9 Å². The van der Waals surface area contributed by atoms with Gasteiger partial charge in [-0.2, -0.15) is 0 Å². The molecule has 0 bridgehead atoms. The Labute approximate surface area is 190 Å². The van der Waals surface area contributed by atoms with Crippen molar-refractivity contribution in [1.82, 2.24) is 19.7 Å². The Morgan fingerprint density at radius 3 is 2.68 bits per heavy atom. The number of aryl methyl sites for hydroxylation is 2. The highest BCUT2D eigenvalue weighted by molar-refractivity contribution is 7.99. The second kappa shape index (κ2) is 9.62. The van der Waals surface area contributed by atoms with Gasteiger partial charge in [0, 0.05) is 24.2 Å². The summed E-state index contributed by atoms with van der Waals surface area (Å²) in [6, 6.07) is 14.1. The fourth-order valence-electron chi connectivity index (χ4n) is 3.31. The van der Waals surface area contributed by atoms with Crippen molar-refractivity contribution in [3.05, 3.63) is 53.9 Å². The third-order valence-corrected chi connectivity index (χ3v) is 6.88. The maximum Gasteiger partial charge on any atom is 0.234 e. The molecular weight excluding hydrogens is 426 g/mol. The topological polar surface area (TPSA) is 72.7 Å². The molecule has 0 aliphatic rings. The van der Waals surface area contributed by atoms with Crippen LogP contribution in [0.25, 0.3) is 20.8 Å². The molecule has 2 aromatic carbocycles. The summed E-state index contributed by atoms with van der Waals surface area (Å²) in [5, 5.41) is 13.2. The van der Waals surface area contributed by atoms with E-state index >= 15 is 0 Å². The number of carbonyl (C=O) groups is 1. The summed E-state index contributed by atoms with van der Waals surface area (Å²) in [4.78, 5) is 17.2. The Bertz CT molecular complexity index is 1200. The minimum atomic E-state index is -0.0580. The second-order valence-corrected chi connectivity index (χ2v) is 9.28. The summed E-state index contributed by atoms with van der Waals surface area (Å²) in [6.07, 6.45) is 1.84. The van der Waals surface area contributed by atoms with Crippen LogP contribution < -0.4 is 5.32 Å². The van der Waals surface area contributed by atoms with Gasteiger partial charge in [-0.05, 0) is 55.3 Å². The van der Waals surface area contributed by atoms with Gasteiger partial charge in [-0.1, -0.05) is 31.7 Å². The van der Waals surface area contributed by atoms with Crippen molar-refractivity contribution in [2.24, 2.45) is 0 Å². The number of nitrogens with zero attached hydrogens (tertiary/aromatic N) is 4.